The first-order chi connectivity index (χ1) is 17.4. The maximum absolute atomic E-state index is 11.5. The number of aliphatic hydroxyl groups excluding tert-OH is 10. The third kappa shape index (κ3) is 6.38. The molecule has 15 atom stereocenters. The molecule has 37 heavy (non-hydrogen) atoms. The van der Waals surface area contributed by atoms with Crippen molar-refractivity contribution >= 4 is 5.91 Å². The number of hydrogen-bond acceptors (Lipinski definition) is 16. The van der Waals surface area contributed by atoms with Crippen molar-refractivity contribution in [2.75, 3.05) is 19.8 Å². The van der Waals surface area contributed by atoms with Crippen LogP contribution < -0.4 is 5.32 Å². The summed E-state index contributed by atoms with van der Waals surface area (Å²) >= 11 is 0. The smallest absolute Gasteiger partial charge is 0.217 e. The van der Waals surface area contributed by atoms with Crippen LogP contribution in [0.5, 0.6) is 0 Å². The Hall–Kier alpha value is -1.13. The maximum atomic E-state index is 11.5. The quantitative estimate of drug-likeness (QED) is 0.135. The first kappa shape index (κ1) is 30.4. The minimum Gasteiger partial charge on any atom is -0.394 e. The van der Waals surface area contributed by atoms with Crippen LogP contribution in [0.4, 0.5) is 0 Å². The van der Waals surface area contributed by atoms with Crippen LogP contribution in [-0.4, -0.2) is 169 Å². The lowest BCUT2D eigenvalue weighted by Gasteiger charge is -2.48. The van der Waals surface area contributed by atoms with Gasteiger partial charge in [0.2, 0.25) is 5.91 Å². The summed E-state index contributed by atoms with van der Waals surface area (Å²) in [5.41, 5.74) is 0. The predicted octanol–water partition coefficient (Wildman–Crippen LogP) is -7.43. The van der Waals surface area contributed by atoms with Gasteiger partial charge in [-0.15, -0.1) is 0 Å². The zero-order chi connectivity index (χ0) is 27.6. The highest BCUT2D eigenvalue weighted by Crippen LogP contribution is 2.32. The van der Waals surface area contributed by atoms with E-state index < -0.39 is 118 Å². The standard InChI is InChI=1S/C20H35NO16/c1-5(25)21-9-12(28)16(8(4-24)33-18(9)32)36-20-15(31)17(11(27)7(3-23)35-20)37-19-14(30)13(29)10(26)6(2-22)34-19/h6-20,22-24,26-32H,2-4H2,1H3,(H,21,25)/t6?,7?,8?,9?,10-,11-,12+,13-,14?,15?,16+,17-,18?,19+,20?/m0/s1. The lowest BCUT2D eigenvalue weighted by molar-refractivity contribution is -0.375. The van der Waals surface area contributed by atoms with Gasteiger partial charge in [0, 0.05) is 6.92 Å². The Morgan fingerprint density at radius 1 is 0.649 bits per heavy atom. The van der Waals surface area contributed by atoms with Crippen molar-refractivity contribution in [2.45, 2.75) is 99.0 Å². The molecule has 3 heterocycles. The monoisotopic (exact) mass is 545 g/mol. The maximum Gasteiger partial charge on any atom is 0.217 e. The normalized spacial score (nSPS) is 49.0. The molecule has 0 aromatic heterocycles. The van der Waals surface area contributed by atoms with Crippen molar-refractivity contribution < 1.29 is 79.5 Å². The van der Waals surface area contributed by atoms with Crippen LogP contribution in [0.3, 0.4) is 0 Å². The second-order valence-electron chi connectivity index (χ2n) is 9.07. The molecule has 17 heteroatoms. The van der Waals surface area contributed by atoms with E-state index >= 15 is 0 Å². The number of carbonyl (C=O) groups excluding carboxylic acids is 1. The fourth-order valence-corrected chi connectivity index (χ4v) is 4.46. The second kappa shape index (κ2) is 12.8. The van der Waals surface area contributed by atoms with Gasteiger partial charge in [-0.1, -0.05) is 0 Å². The Bertz CT molecular complexity index is 745. The summed E-state index contributed by atoms with van der Waals surface area (Å²) in [7, 11) is 0. The summed E-state index contributed by atoms with van der Waals surface area (Å²) in [4.78, 5) is 11.5. The molecule has 0 aromatic carbocycles. The lowest BCUT2D eigenvalue weighted by atomic mass is 9.95. The molecule has 17 nitrogen and oxygen atoms in total. The SMILES string of the molecule is CC(=O)NC1C(O)OC(CO)[C@@H](OC2OC(CO)[C@H](O)[C@H](O[C@H]3OC(CO)[C@H](O)[C@H](O)C3O)C2O)[C@@H]1O. The molecule has 0 aliphatic carbocycles. The number of carbonyl (C=O) groups is 1. The average Bonchev–Trinajstić information content (AvgIpc) is 2.86. The van der Waals surface area contributed by atoms with E-state index in [0.29, 0.717) is 0 Å². The molecule has 0 bridgehead atoms. The lowest BCUT2D eigenvalue weighted by Crippen LogP contribution is -2.68. The van der Waals surface area contributed by atoms with E-state index in [-0.39, 0.29) is 0 Å². The Labute approximate surface area is 210 Å². The van der Waals surface area contributed by atoms with Crippen molar-refractivity contribution in [3.8, 4) is 0 Å². The number of rotatable bonds is 8. The van der Waals surface area contributed by atoms with E-state index in [2.05, 4.69) is 5.32 Å². The first-order valence-corrected chi connectivity index (χ1v) is 11.6. The Morgan fingerprint density at radius 2 is 1.16 bits per heavy atom. The fourth-order valence-electron chi connectivity index (χ4n) is 4.46. The second-order valence-corrected chi connectivity index (χ2v) is 9.07. The van der Waals surface area contributed by atoms with Gasteiger partial charge >= 0.3 is 0 Å². The first-order valence-electron chi connectivity index (χ1n) is 11.6. The molecule has 0 radical (unpaired) electrons. The zero-order valence-corrected chi connectivity index (χ0v) is 19.7. The average molecular weight is 545 g/mol. The summed E-state index contributed by atoms with van der Waals surface area (Å²) in [6.07, 6.45) is -23.4. The van der Waals surface area contributed by atoms with Gasteiger partial charge in [0.15, 0.2) is 18.9 Å². The Balaban J connectivity index is 1.80. The van der Waals surface area contributed by atoms with Crippen LogP contribution in [0.2, 0.25) is 0 Å². The number of aliphatic hydroxyl groups is 10. The summed E-state index contributed by atoms with van der Waals surface area (Å²) in [6.45, 7) is -1.23. The van der Waals surface area contributed by atoms with Crippen molar-refractivity contribution in [1.29, 1.82) is 0 Å². The van der Waals surface area contributed by atoms with E-state index in [4.69, 9.17) is 23.7 Å². The molecule has 11 N–H and O–H groups in total. The van der Waals surface area contributed by atoms with Crippen molar-refractivity contribution in [1.82, 2.24) is 5.32 Å². The summed E-state index contributed by atoms with van der Waals surface area (Å²) in [5, 5.41) is 103. The molecule has 3 rings (SSSR count). The van der Waals surface area contributed by atoms with E-state index in [1.54, 1.807) is 0 Å². The molecule has 3 aliphatic rings. The van der Waals surface area contributed by atoms with Crippen molar-refractivity contribution in [3.05, 3.63) is 0 Å². The van der Waals surface area contributed by atoms with Crippen LogP contribution in [-0.2, 0) is 28.5 Å². The van der Waals surface area contributed by atoms with Crippen molar-refractivity contribution in [3.63, 3.8) is 0 Å². The van der Waals surface area contributed by atoms with E-state index in [9.17, 15) is 55.9 Å². The zero-order valence-electron chi connectivity index (χ0n) is 19.7. The topological polar surface area (TPSA) is 278 Å². The fraction of sp³-hybridized carbons (Fsp3) is 0.950. The third-order valence-electron chi connectivity index (χ3n) is 6.50. The predicted molar refractivity (Wildman–Crippen MR) is 113 cm³/mol. The van der Waals surface area contributed by atoms with Gasteiger partial charge in [-0.25, -0.2) is 0 Å². The molecule has 3 fully saturated rings. The van der Waals surface area contributed by atoms with Crippen LogP contribution in [0.1, 0.15) is 6.92 Å². The summed E-state index contributed by atoms with van der Waals surface area (Å²) in [6, 6.07) is -1.40. The molecule has 0 saturated carbocycles. The number of amides is 1. The largest absolute Gasteiger partial charge is 0.394 e. The van der Waals surface area contributed by atoms with Crippen LogP contribution in [0.25, 0.3) is 0 Å². The van der Waals surface area contributed by atoms with Crippen LogP contribution in [0.15, 0.2) is 0 Å². The van der Waals surface area contributed by atoms with Crippen LogP contribution in [0, 0.1) is 0 Å². The van der Waals surface area contributed by atoms with Gasteiger partial charge in [0.05, 0.1) is 19.8 Å². The number of nitrogens with one attached hydrogen (secondary N) is 1. The summed E-state index contributed by atoms with van der Waals surface area (Å²) in [5.74, 6) is -0.627. The third-order valence-corrected chi connectivity index (χ3v) is 6.50. The molecular formula is C20H35NO16. The van der Waals surface area contributed by atoms with E-state index in [1.807, 2.05) is 0 Å². The molecule has 216 valence electrons. The minimum absolute atomic E-state index is 0.627. The molecule has 3 aliphatic heterocycles. The van der Waals surface area contributed by atoms with Gasteiger partial charge < -0.3 is 80.1 Å². The molecular weight excluding hydrogens is 510 g/mol. The minimum atomic E-state index is -1.91. The molecule has 1 amide bonds. The molecule has 3 saturated heterocycles. The van der Waals surface area contributed by atoms with Gasteiger partial charge in [0.25, 0.3) is 0 Å². The highest BCUT2D eigenvalue weighted by molar-refractivity contribution is 5.73. The highest BCUT2D eigenvalue weighted by atomic mass is 16.7. The van der Waals surface area contributed by atoms with E-state index in [1.165, 1.54) is 0 Å². The van der Waals surface area contributed by atoms with Gasteiger partial charge in [0.1, 0.15) is 73.2 Å². The highest BCUT2D eigenvalue weighted by Gasteiger charge is 2.53. The van der Waals surface area contributed by atoms with E-state index in [0.717, 1.165) is 6.92 Å². The van der Waals surface area contributed by atoms with Gasteiger partial charge in [-0.3, -0.25) is 4.79 Å². The molecule has 0 spiro atoms. The molecule has 0 aromatic rings. The Kier molecular flexibility index (Phi) is 10.5. The number of ether oxygens (including phenoxy) is 5. The molecule has 8 unspecified atom stereocenters. The summed E-state index contributed by atoms with van der Waals surface area (Å²) < 4.78 is 26.9. The van der Waals surface area contributed by atoms with Crippen molar-refractivity contribution in [2.24, 2.45) is 0 Å². The Morgan fingerprint density at radius 3 is 1.70 bits per heavy atom. The van der Waals surface area contributed by atoms with Gasteiger partial charge in [-0.05, 0) is 0 Å². The van der Waals surface area contributed by atoms with Crippen LogP contribution >= 0.6 is 0 Å². The number of hydrogen-bond donors (Lipinski definition) is 11. The van der Waals surface area contributed by atoms with Gasteiger partial charge in [-0.2, -0.15) is 0 Å².